The van der Waals surface area contributed by atoms with Gasteiger partial charge in [0.05, 0.1) is 13.2 Å². The highest BCUT2D eigenvalue weighted by molar-refractivity contribution is 5.76. The standard InChI is InChI=1S/C16H24N2O2/c1-13(2)11-16(19)17-12-14-5-3-4-6-15(14)18-7-9-20-10-8-18/h3-6,13H,7-12H2,1-2H3,(H,17,19). The van der Waals surface area contributed by atoms with Crippen LogP contribution in [0.5, 0.6) is 0 Å². The van der Waals surface area contributed by atoms with Crippen molar-refractivity contribution in [3.63, 3.8) is 0 Å². The molecular formula is C16H24N2O2. The van der Waals surface area contributed by atoms with Crippen LogP contribution in [-0.2, 0) is 16.1 Å². The van der Waals surface area contributed by atoms with E-state index in [0.29, 0.717) is 18.9 Å². The SMILES string of the molecule is CC(C)CC(=O)NCc1ccccc1N1CCOCC1. The molecule has 1 aromatic carbocycles. The molecule has 4 heteroatoms. The number of carbonyl (C=O) groups excluding carboxylic acids is 1. The molecule has 0 aliphatic carbocycles. The highest BCUT2D eigenvalue weighted by Crippen LogP contribution is 2.21. The van der Waals surface area contributed by atoms with Gasteiger partial charge in [0, 0.05) is 31.7 Å². The van der Waals surface area contributed by atoms with Gasteiger partial charge in [-0.3, -0.25) is 4.79 Å². The van der Waals surface area contributed by atoms with Crippen LogP contribution in [0.3, 0.4) is 0 Å². The van der Waals surface area contributed by atoms with Gasteiger partial charge in [-0.25, -0.2) is 0 Å². The van der Waals surface area contributed by atoms with Crippen molar-refractivity contribution >= 4 is 11.6 Å². The molecule has 1 aliphatic heterocycles. The highest BCUT2D eigenvalue weighted by Gasteiger charge is 2.14. The Morgan fingerprint density at radius 1 is 1.30 bits per heavy atom. The van der Waals surface area contributed by atoms with Crippen LogP contribution in [0.4, 0.5) is 5.69 Å². The van der Waals surface area contributed by atoms with Gasteiger partial charge >= 0.3 is 0 Å². The van der Waals surface area contributed by atoms with Crippen molar-refractivity contribution in [3.05, 3.63) is 29.8 Å². The van der Waals surface area contributed by atoms with Crippen LogP contribution in [0.1, 0.15) is 25.8 Å². The lowest BCUT2D eigenvalue weighted by atomic mass is 10.1. The summed E-state index contributed by atoms with van der Waals surface area (Å²) >= 11 is 0. The first-order valence-electron chi connectivity index (χ1n) is 7.34. The van der Waals surface area contributed by atoms with Crippen LogP contribution < -0.4 is 10.2 Å². The van der Waals surface area contributed by atoms with Crippen molar-refractivity contribution < 1.29 is 9.53 Å². The molecule has 4 nitrogen and oxygen atoms in total. The minimum absolute atomic E-state index is 0.122. The molecule has 1 heterocycles. The topological polar surface area (TPSA) is 41.6 Å². The van der Waals surface area contributed by atoms with Crippen molar-refractivity contribution in [2.75, 3.05) is 31.2 Å². The predicted molar refractivity (Wildman–Crippen MR) is 80.8 cm³/mol. The smallest absolute Gasteiger partial charge is 0.220 e. The van der Waals surface area contributed by atoms with Crippen LogP contribution in [0.15, 0.2) is 24.3 Å². The van der Waals surface area contributed by atoms with Crippen LogP contribution in [0, 0.1) is 5.92 Å². The molecule has 110 valence electrons. The Balaban J connectivity index is 1.98. The van der Waals surface area contributed by atoms with E-state index in [2.05, 4.69) is 36.2 Å². The van der Waals surface area contributed by atoms with Crippen LogP contribution in [0.2, 0.25) is 0 Å². The van der Waals surface area contributed by atoms with Gasteiger partial charge in [0.1, 0.15) is 0 Å². The Hall–Kier alpha value is -1.55. The minimum atomic E-state index is 0.122. The van der Waals surface area contributed by atoms with E-state index in [9.17, 15) is 4.79 Å². The third-order valence-corrected chi connectivity index (χ3v) is 3.41. The van der Waals surface area contributed by atoms with Crippen molar-refractivity contribution in [1.82, 2.24) is 5.32 Å². The van der Waals surface area contributed by atoms with Crippen molar-refractivity contribution in [3.8, 4) is 0 Å². The third kappa shape index (κ3) is 4.23. The summed E-state index contributed by atoms with van der Waals surface area (Å²) in [6, 6.07) is 8.27. The molecule has 1 aliphatic rings. The fraction of sp³-hybridized carbons (Fsp3) is 0.562. The lowest BCUT2D eigenvalue weighted by molar-refractivity contribution is -0.121. The molecule has 1 fully saturated rings. The zero-order valence-corrected chi connectivity index (χ0v) is 12.4. The van der Waals surface area contributed by atoms with Crippen LogP contribution in [0.25, 0.3) is 0 Å². The normalized spacial score (nSPS) is 15.4. The minimum Gasteiger partial charge on any atom is -0.378 e. The summed E-state index contributed by atoms with van der Waals surface area (Å²) in [5.41, 5.74) is 2.38. The number of hydrogen-bond donors (Lipinski definition) is 1. The van der Waals surface area contributed by atoms with E-state index in [1.807, 2.05) is 12.1 Å². The van der Waals surface area contributed by atoms with Crippen molar-refractivity contribution in [1.29, 1.82) is 0 Å². The first-order chi connectivity index (χ1) is 9.66. The highest BCUT2D eigenvalue weighted by atomic mass is 16.5. The Bertz CT molecular complexity index is 440. The first kappa shape index (κ1) is 14.9. The molecule has 0 saturated carbocycles. The van der Waals surface area contributed by atoms with Gasteiger partial charge in [-0.2, -0.15) is 0 Å². The zero-order valence-electron chi connectivity index (χ0n) is 12.4. The van der Waals surface area contributed by atoms with Gasteiger partial charge in [0.15, 0.2) is 0 Å². The average Bonchev–Trinajstić information content (AvgIpc) is 2.46. The summed E-state index contributed by atoms with van der Waals surface area (Å²) in [5.74, 6) is 0.515. The Kier molecular flexibility index (Phi) is 5.41. The molecular weight excluding hydrogens is 252 g/mol. The van der Waals surface area contributed by atoms with E-state index < -0.39 is 0 Å². The monoisotopic (exact) mass is 276 g/mol. The number of para-hydroxylation sites is 1. The number of nitrogens with zero attached hydrogens (tertiary/aromatic N) is 1. The predicted octanol–water partition coefficient (Wildman–Crippen LogP) is 2.19. The number of amides is 1. The summed E-state index contributed by atoms with van der Waals surface area (Å²) < 4.78 is 5.39. The second-order valence-electron chi connectivity index (χ2n) is 5.60. The Morgan fingerprint density at radius 3 is 2.70 bits per heavy atom. The number of ether oxygens (including phenoxy) is 1. The molecule has 0 bridgehead atoms. The van der Waals surface area contributed by atoms with Gasteiger partial charge in [-0.15, -0.1) is 0 Å². The van der Waals surface area contributed by atoms with E-state index in [4.69, 9.17) is 4.74 Å². The molecule has 0 unspecified atom stereocenters. The summed E-state index contributed by atoms with van der Waals surface area (Å²) in [7, 11) is 0. The zero-order chi connectivity index (χ0) is 14.4. The second kappa shape index (κ2) is 7.29. The first-order valence-corrected chi connectivity index (χ1v) is 7.34. The summed E-state index contributed by atoms with van der Waals surface area (Å²) in [4.78, 5) is 14.1. The number of anilines is 1. The summed E-state index contributed by atoms with van der Waals surface area (Å²) in [6.07, 6.45) is 0.583. The van der Waals surface area contributed by atoms with Gasteiger partial charge in [0.25, 0.3) is 0 Å². The number of rotatable bonds is 5. The summed E-state index contributed by atoms with van der Waals surface area (Å²) in [5, 5.41) is 3.01. The maximum atomic E-state index is 11.8. The number of nitrogens with one attached hydrogen (secondary N) is 1. The number of carbonyl (C=O) groups is 1. The lowest BCUT2D eigenvalue weighted by Crippen LogP contribution is -2.37. The molecule has 0 aromatic heterocycles. The second-order valence-corrected chi connectivity index (χ2v) is 5.60. The van der Waals surface area contributed by atoms with Gasteiger partial charge in [0.2, 0.25) is 5.91 Å². The number of hydrogen-bond acceptors (Lipinski definition) is 3. The van der Waals surface area contributed by atoms with Crippen LogP contribution >= 0.6 is 0 Å². The molecule has 2 rings (SSSR count). The molecule has 0 spiro atoms. The molecule has 0 radical (unpaired) electrons. The third-order valence-electron chi connectivity index (χ3n) is 3.41. The largest absolute Gasteiger partial charge is 0.378 e. The molecule has 20 heavy (non-hydrogen) atoms. The van der Waals surface area contributed by atoms with E-state index in [1.165, 1.54) is 11.3 Å². The maximum absolute atomic E-state index is 11.8. The molecule has 1 amide bonds. The fourth-order valence-corrected chi connectivity index (χ4v) is 2.41. The maximum Gasteiger partial charge on any atom is 0.220 e. The van der Waals surface area contributed by atoms with E-state index in [0.717, 1.165) is 26.3 Å². The quantitative estimate of drug-likeness (QED) is 0.896. The number of morpholine rings is 1. The fourth-order valence-electron chi connectivity index (χ4n) is 2.41. The molecule has 1 aromatic rings. The van der Waals surface area contributed by atoms with Crippen molar-refractivity contribution in [2.45, 2.75) is 26.8 Å². The molecule has 1 saturated heterocycles. The van der Waals surface area contributed by atoms with Gasteiger partial charge in [-0.05, 0) is 17.5 Å². The van der Waals surface area contributed by atoms with Gasteiger partial charge in [-0.1, -0.05) is 32.0 Å². The molecule has 0 atom stereocenters. The van der Waals surface area contributed by atoms with Gasteiger partial charge < -0.3 is 15.0 Å². The van der Waals surface area contributed by atoms with Crippen molar-refractivity contribution in [2.24, 2.45) is 5.92 Å². The summed E-state index contributed by atoms with van der Waals surface area (Å²) in [6.45, 7) is 8.08. The number of benzene rings is 1. The lowest BCUT2D eigenvalue weighted by Gasteiger charge is -2.30. The van der Waals surface area contributed by atoms with E-state index in [-0.39, 0.29) is 5.91 Å². The Morgan fingerprint density at radius 2 is 2.00 bits per heavy atom. The Labute approximate surface area is 121 Å². The van der Waals surface area contributed by atoms with Crippen LogP contribution in [-0.4, -0.2) is 32.2 Å². The van der Waals surface area contributed by atoms with E-state index in [1.54, 1.807) is 0 Å². The molecule has 1 N–H and O–H groups in total. The van der Waals surface area contributed by atoms with E-state index >= 15 is 0 Å². The average molecular weight is 276 g/mol.